The number of nitrogens with one attached hydrogen (secondary N) is 1. The van der Waals surface area contributed by atoms with Crippen molar-refractivity contribution in [1.29, 1.82) is 0 Å². The van der Waals surface area contributed by atoms with E-state index in [1.807, 2.05) is 16.8 Å². The normalized spacial score (nSPS) is 16.1. The van der Waals surface area contributed by atoms with Crippen LogP contribution in [0.15, 0.2) is 18.3 Å². The molecule has 0 aromatic carbocycles. The topological polar surface area (TPSA) is 45.5 Å². The summed E-state index contributed by atoms with van der Waals surface area (Å²) in [5, 5.41) is 7.84. The van der Waals surface area contributed by atoms with Gasteiger partial charge in [0.25, 0.3) is 0 Å². The minimum Gasteiger partial charge on any atom is -0.334 e. The molecule has 1 aliphatic rings. The summed E-state index contributed by atoms with van der Waals surface area (Å²) in [7, 11) is 0. The first kappa shape index (κ1) is 10.5. The Hall–Kier alpha value is -1.62. The molecule has 0 unspecified atom stereocenters. The molecule has 0 radical (unpaired) electrons. The Morgan fingerprint density at radius 3 is 2.94 bits per heavy atom. The van der Waals surface area contributed by atoms with E-state index in [9.17, 15) is 0 Å². The third-order valence-electron chi connectivity index (χ3n) is 3.34. The Labute approximate surface area is 100 Å². The van der Waals surface area contributed by atoms with Crippen molar-refractivity contribution in [1.82, 2.24) is 19.9 Å². The second-order valence-electron chi connectivity index (χ2n) is 4.47. The van der Waals surface area contributed by atoms with Crippen molar-refractivity contribution in [2.24, 2.45) is 0 Å². The van der Waals surface area contributed by atoms with Gasteiger partial charge >= 0.3 is 0 Å². The molecule has 0 bridgehead atoms. The van der Waals surface area contributed by atoms with E-state index in [4.69, 9.17) is 0 Å². The zero-order valence-corrected chi connectivity index (χ0v) is 10.2. The van der Waals surface area contributed by atoms with E-state index < -0.39 is 0 Å². The van der Waals surface area contributed by atoms with Crippen LogP contribution in [0.2, 0.25) is 0 Å². The highest BCUT2D eigenvalue weighted by Crippen LogP contribution is 2.17. The first-order valence-electron chi connectivity index (χ1n) is 6.09. The molecule has 5 heteroatoms. The molecule has 1 N–H and O–H groups in total. The van der Waals surface area contributed by atoms with Crippen molar-refractivity contribution >= 4 is 11.6 Å². The molecule has 1 aliphatic heterocycles. The van der Waals surface area contributed by atoms with E-state index in [-0.39, 0.29) is 0 Å². The highest BCUT2D eigenvalue weighted by atomic mass is 15.4. The third kappa shape index (κ3) is 1.67. The smallest absolute Gasteiger partial charge is 0.246 e. The lowest BCUT2D eigenvalue weighted by Crippen LogP contribution is -2.57. The van der Waals surface area contributed by atoms with Crippen molar-refractivity contribution in [3.63, 3.8) is 0 Å². The maximum Gasteiger partial charge on any atom is 0.246 e. The lowest BCUT2D eigenvalue weighted by Gasteiger charge is -2.36. The van der Waals surface area contributed by atoms with Crippen molar-refractivity contribution in [2.45, 2.75) is 19.9 Å². The van der Waals surface area contributed by atoms with Crippen LogP contribution in [0.4, 0.5) is 5.95 Å². The summed E-state index contributed by atoms with van der Waals surface area (Å²) in [6, 6.07) is 4.61. The molecule has 1 saturated heterocycles. The van der Waals surface area contributed by atoms with Crippen LogP contribution in [-0.4, -0.2) is 40.3 Å². The fourth-order valence-corrected chi connectivity index (χ4v) is 2.21. The number of aryl methyl sites for hydroxylation is 1. The van der Waals surface area contributed by atoms with Crippen molar-refractivity contribution in [3.05, 3.63) is 23.9 Å². The third-order valence-corrected chi connectivity index (χ3v) is 3.34. The lowest BCUT2D eigenvalue weighted by molar-refractivity contribution is 0.413. The second kappa shape index (κ2) is 4.00. The highest BCUT2D eigenvalue weighted by Gasteiger charge is 2.26. The van der Waals surface area contributed by atoms with Gasteiger partial charge in [0.05, 0.1) is 6.04 Å². The van der Waals surface area contributed by atoms with Gasteiger partial charge in [-0.2, -0.15) is 4.98 Å². The summed E-state index contributed by atoms with van der Waals surface area (Å²) in [6.45, 7) is 7.22. The van der Waals surface area contributed by atoms with Crippen molar-refractivity contribution < 1.29 is 0 Å². The number of likely N-dealkylation sites (N-methyl/N-ethyl adjacent to an activating group) is 1. The second-order valence-corrected chi connectivity index (χ2v) is 4.47. The number of nitrogens with zero attached hydrogens (tertiary/aromatic N) is 4. The average Bonchev–Trinajstić information content (AvgIpc) is 2.68. The molecule has 1 fully saturated rings. The van der Waals surface area contributed by atoms with E-state index in [1.165, 1.54) is 0 Å². The predicted octanol–water partition coefficient (Wildman–Crippen LogP) is 0.836. The van der Waals surface area contributed by atoms with E-state index in [2.05, 4.69) is 40.2 Å². The first-order valence-corrected chi connectivity index (χ1v) is 6.09. The maximum absolute atomic E-state index is 4.64. The van der Waals surface area contributed by atoms with Crippen LogP contribution in [0, 0.1) is 6.92 Å². The van der Waals surface area contributed by atoms with Gasteiger partial charge in [-0.1, -0.05) is 6.07 Å². The quantitative estimate of drug-likeness (QED) is 0.850. The number of hydrogen-bond acceptors (Lipinski definition) is 4. The molecule has 90 valence electrons. The summed E-state index contributed by atoms with van der Waals surface area (Å²) in [4.78, 5) is 6.90. The van der Waals surface area contributed by atoms with Gasteiger partial charge < -0.3 is 10.2 Å². The van der Waals surface area contributed by atoms with Crippen LogP contribution in [0.3, 0.4) is 0 Å². The largest absolute Gasteiger partial charge is 0.334 e. The molecule has 17 heavy (non-hydrogen) atoms. The molecule has 0 amide bonds. The van der Waals surface area contributed by atoms with Gasteiger partial charge in [-0.3, -0.25) is 0 Å². The Morgan fingerprint density at radius 1 is 1.53 bits per heavy atom. The average molecular weight is 231 g/mol. The first-order chi connectivity index (χ1) is 8.29. The van der Waals surface area contributed by atoms with Gasteiger partial charge in [0.2, 0.25) is 5.95 Å². The van der Waals surface area contributed by atoms with Gasteiger partial charge in [-0.15, -0.1) is 5.10 Å². The van der Waals surface area contributed by atoms with E-state index >= 15 is 0 Å². The molecule has 3 heterocycles. The lowest BCUT2D eigenvalue weighted by atomic mass is 10.1. The van der Waals surface area contributed by atoms with Crippen LogP contribution >= 0.6 is 0 Å². The zero-order valence-electron chi connectivity index (χ0n) is 10.2. The van der Waals surface area contributed by atoms with E-state index in [0.29, 0.717) is 6.04 Å². The molecule has 0 spiro atoms. The molecule has 0 saturated carbocycles. The Morgan fingerprint density at radius 2 is 2.35 bits per heavy atom. The zero-order chi connectivity index (χ0) is 11.8. The number of fused-ring (bicyclic) bond motifs is 1. The number of aromatic nitrogens is 3. The van der Waals surface area contributed by atoms with Crippen LogP contribution in [0.5, 0.6) is 0 Å². The Bertz CT molecular complexity index is 529. The minimum atomic E-state index is 0.540. The number of anilines is 1. The van der Waals surface area contributed by atoms with Crippen LogP contribution in [0.1, 0.15) is 12.5 Å². The molecule has 0 aliphatic carbocycles. The number of pyridine rings is 1. The molecular weight excluding hydrogens is 214 g/mol. The molecule has 2 aromatic heterocycles. The number of hydrogen-bond donors (Lipinski definition) is 1. The Kier molecular flexibility index (Phi) is 2.48. The SMILES string of the molecule is CCN(c1nc2c(C)cccn2n1)C1CNC1. The van der Waals surface area contributed by atoms with Gasteiger partial charge in [0.15, 0.2) is 5.65 Å². The molecule has 2 aromatic rings. The number of rotatable bonds is 3. The van der Waals surface area contributed by atoms with E-state index in [0.717, 1.165) is 36.8 Å². The van der Waals surface area contributed by atoms with Gasteiger partial charge in [0.1, 0.15) is 0 Å². The molecular formula is C12H17N5. The standard InChI is InChI=1S/C12H17N5/c1-3-16(10-7-13-8-10)12-14-11-9(2)5-4-6-17(11)15-12/h4-6,10,13H,3,7-8H2,1-2H3. The van der Waals surface area contributed by atoms with Crippen LogP contribution < -0.4 is 10.2 Å². The minimum absolute atomic E-state index is 0.540. The monoisotopic (exact) mass is 231 g/mol. The van der Waals surface area contributed by atoms with Crippen molar-refractivity contribution in [3.8, 4) is 0 Å². The maximum atomic E-state index is 4.64. The summed E-state index contributed by atoms with van der Waals surface area (Å²) in [6.07, 6.45) is 1.95. The summed E-state index contributed by atoms with van der Waals surface area (Å²) >= 11 is 0. The van der Waals surface area contributed by atoms with Crippen LogP contribution in [0.25, 0.3) is 5.65 Å². The summed E-state index contributed by atoms with van der Waals surface area (Å²) in [5.74, 6) is 0.841. The highest BCUT2D eigenvalue weighted by molar-refractivity contribution is 5.51. The molecule has 5 nitrogen and oxygen atoms in total. The Balaban J connectivity index is 2.01. The molecule has 0 atom stereocenters. The summed E-state index contributed by atoms with van der Waals surface area (Å²) < 4.78 is 1.86. The van der Waals surface area contributed by atoms with E-state index in [1.54, 1.807) is 0 Å². The van der Waals surface area contributed by atoms with Crippen LogP contribution in [-0.2, 0) is 0 Å². The molecule has 3 rings (SSSR count). The van der Waals surface area contributed by atoms with Crippen molar-refractivity contribution in [2.75, 3.05) is 24.5 Å². The summed E-state index contributed by atoms with van der Waals surface area (Å²) in [5.41, 5.74) is 2.11. The van der Waals surface area contributed by atoms with Gasteiger partial charge in [-0.25, -0.2) is 4.52 Å². The van der Waals surface area contributed by atoms with Gasteiger partial charge in [-0.05, 0) is 25.5 Å². The fourth-order valence-electron chi connectivity index (χ4n) is 2.21. The fraction of sp³-hybridized carbons (Fsp3) is 0.500. The van der Waals surface area contributed by atoms with Gasteiger partial charge in [0, 0.05) is 25.8 Å². The predicted molar refractivity (Wildman–Crippen MR) is 67.4 cm³/mol.